The molecule has 0 aliphatic rings. The van der Waals surface area contributed by atoms with Gasteiger partial charge in [-0.25, -0.2) is 0 Å². The van der Waals surface area contributed by atoms with Gasteiger partial charge >= 0.3 is 0 Å². The summed E-state index contributed by atoms with van der Waals surface area (Å²) in [5, 5.41) is 33.7. The van der Waals surface area contributed by atoms with Gasteiger partial charge in [0.05, 0.1) is 18.8 Å². The maximum Gasteiger partial charge on any atom is 0.220 e. The van der Waals surface area contributed by atoms with Crippen molar-refractivity contribution in [2.75, 3.05) is 6.61 Å². The smallest absolute Gasteiger partial charge is 0.220 e. The van der Waals surface area contributed by atoms with E-state index in [0.717, 1.165) is 32.1 Å². The molecule has 0 aliphatic heterocycles. The Morgan fingerprint density at radius 1 is 0.339 bits per heavy atom. The lowest BCUT2D eigenvalue weighted by molar-refractivity contribution is -0.124. The van der Waals surface area contributed by atoms with Crippen molar-refractivity contribution in [3.63, 3.8) is 0 Å². The first-order valence-corrected chi connectivity index (χ1v) is 28.8. The van der Waals surface area contributed by atoms with E-state index in [1.165, 1.54) is 276 Å². The van der Waals surface area contributed by atoms with Crippen LogP contribution in [0, 0.1) is 0 Å². The van der Waals surface area contributed by atoms with Crippen molar-refractivity contribution < 1.29 is 20.1 Å². The molecule has 0 fully saturated rings. The summed E-state index contributed by atoms with van der Waals surface area (Å²) in [7, 11) is 0. The lowest BCUT2D eigenvalue weighted by Gasteiger charge is -2.26. The molecule has 0 spiro atoms. The molecule has 5 heteroatoms. The van der Waals surface area contributed by atoms with Gasteiger partial charge in [-0.1, -0.05) is 316 Å². The van der Waals surface area contributed by atoms with Gasteiger partial charge in [0.15, 0.2) is 0 Å². The van der Waals surface area contributed by atoms with Gasteiger partial charge in [-0.3, -0.25) is 4.79 Å². The number of carbonyl (C=O) groups excluding carboxylic acids is 1. The molecule has 0 aliphatic carbocycles. The number of carbonyl (C=O) groups is 1. The topological polar surface area (TPSA) is 89.8 Å². The van der Waals surface area contributed by atoms with Gasteiger partial charge in [0.2, 0.25) is 5.91 Å². The molecule has 0 rings (SSSR count). The average Bonchev–Trinajstić information content (AvgIpc) is 3.28. The van der Waals surface area contributed by atoms with E-state index in [2.05, 4.69) is 19.2 Å². The molecule has 0 bridgehead atoms. The summed E-state index contributed by atoms with van der Waals surface area (Å²) < 4.78 is 0. The Bertz CT molecular complexity index is 838. The molecule has 62 heavy (non-hydrogen) atoms. The largest absolute Gasteiger partial charge is 0.394 e. The number of rotatable bonds is 54. The van der Waals surface area contributed by atoms with E-state index in [1.54, 1.807) is 0 Å². The van der Waals surface area contributed by atoms with Crippen LogP contribution in [0.3, 0.4) is 0 Å². The summed E-state index contributed by atoms with van der Waals surface area (Å²) in [6.45, 7) is 4.22. The van der Waals surface area contributed by atoms with Crippen LogP contribution >= 0.6 is 0 Å². The van der Waals surface area contributed by atoms with Gasteiger partial charge in [-0.15, -0.1) is 0 Å². The van der Waals surface area contributed by atoms with Crippen molar-refractivity contribution in [3.05, 3.63) is 0 Å². The number of nitrogens with one attached hydrogen (secondary N) is 1. The van der Waals surface area contributed by atoms with Gasteiger partial charge < -0.3 is 20.6 Å². The highest BCUT2D eigenvalue weighted by Gasteiger charge is 2.26. The Labute approximate surface area is 389 Å². The second kappa shape index (κ2) is 53.0. The molecule has 3 unspecified atom stereocenters. The van der Waals surface area contributed by atoms with Crippen molar-refractivity contribution in [3.8, 4) is 0 Å². The Hall–Kier alpha value is -0.650. The van der Waals surface area contributed by atoms with E-state index in [1.807, 2.05) is 0 Å². The van der Waals surface area contributed by atoms with E-state index in [0.29, 0.717) is 12.8 Å². The summed E-state index contributed by atoms with van der Waals surface area (Å²) >= 11 is 0. The predicted octanol–water partition coefficient (Wildman–Crippen LogP) is 17.7. The molecule has 0 aromatic heterocycles. The van der Waals surface area contributed by atoms with E-state index in [9.17, 15) is 20.1 Å². The number of aliphatic hydroxyl groups is 3. The molecule has 0 heterocycles. The minimum atomic E-state index is -1.13. The summed E-state index contributed by atoms with van der Waals surface area (Å²) in [6, 6.07) is -0.804. The second-order valence-electron chi connectivity index (χ2n) is 20.2. The molecule has 1 amide bonds. The first-order valence-electron chi connectivity index (χ1n) is 28.8. The van der Waals surface area contributed by atoms with Crippen LogP contribution in [0.5, 0.6) is 0 Å². The van der Waals surface area contributed by atoms with Crippen LogP contribution in [0.2, 0.25) is 0 Å². The molecule has 4 N–H and O–H groups in total. The highest BCUT2D eigenvalue weighted by Crippen LogP contribution is 2.19. The van der Waals surface area contributed by atoms with Crippen molar-refractivity contribution in [2.24, 2.45) is 0 Å². The summed E-state index contributed by atoms with van der Waals surface area (Å²) in [5.74, 6) is -0.136. The molecule has 0 aromatic rings. The van der Waals surface area contributed by atoms with Gasteiger partial charge in [-0.2, -0.15) is 0 Å². The predicted molar refractivity (Wildman–Crippen MR) is 273 cm³/mol. The van der Waals surface area contributed by atoms with E-state index >= 15 is 0 Å². The zero-order valence-electron chi connectivity index (χ0n) is 42.5. The Morgan fingerprint density at radius 2 is 0.548 bits per heavy atom. The van der Waals surface area contributed by atoms with Crippen LogP contribution in [0.1, 0.15) is 335 Å². The zero-order valence-corrected chi connectivity index (χ0v) is 42.5. The zero-order chi connectivity index (χ0) is 45.1. The number of amides is 1. The Kier molecular flexibility index (Phi) is 52.4. The van der Waals surface area contributed by atoms with Crippen molar-refractivity contribution >= 4 is 5.91 Å². The van der Waals surface area contributed by atoms with Gasteiger partial charge in [0.1, 0.15) is 6.10 Å². The summed E-state index contributed by atoms with van der Waals surface area (Å²) in [4.78, 5) is 12.5. The maximum absolute atomic E-state index is 12.5. The first-order chi connectivity index (χ1) is 30.6. The fraction of sp³-hybridized carbons (Fsp3) is 0.982. The molecule has 0 saturated heterocycles. The van der Waals surface area contributed by atoms with E-state index < -0.39 is 18.2 Å². The number of hydrogen-bond donors (Lipinski definition) is 4. The van der Waals surface area contributed by atoms with E-state index in [4.69, 9.17) is 0 Å². The Morgan fingerprint density at radius 3 is 0.774 bits per heavy atom. The van der Waals surface area contributed by atoms with E-state index in [-0.39, 0.29) is 12.5 Å². The highest BCUT2D eigenvalue weighted by molar-refractivity contribution is 5.76. The minimum absolute atomic E-state index is 0.136. The summed E-state index contributed by atoms with van der Waals surface area (Å²) in [6.07, 6.45) is 64.1. The SMILES string of the molecule is CCCCCCCCCCCCCCCCCCCCCCCCCCCCCCCCCCC(=O)NC(CO)C(O)C(O)CCCCCCCCCCCCCCCCCC. The van der Waals surface area contributed by atoms with Gasteiger partial charge in [-0.05, 0) is 12.8 Å². The van der Waals surface area contributed by atoms with Gasteiger partial charge in [0.25, 0.3) is 0 Å². The first kappa shape index (κ1) is 61.4. The molecule has 372 valence electrons. The maximum atomic E-state index is 12.5. The summed E-state index contributed by atoms with van der Waals surface area (Å²) in [5.41, 5.74) is 0. The van der Waals surface area contributed by atoms with Gasteiger partial charge in [0, 0.05) is 6.42 Å². The standard InChI is InChI=1S/C57H115NO4/c1-3-5-7-9-11-13-15-17-19-21-22-23-24-25-26-27-28-29-30-31-32-33-34-35-36-38-40-42-44-46-48-50-52-56(61)58-54(53-59)57(62)55(60)51-49-47-45-43-41-39-37-20-18-16-14-12-10-8-6-4-2/h54-55,57,59-60,62H,3-53H2,1-2H3,(H,58,61). The van der Waals surface area contributed by atoms with Crippen LogP contribution in [0.25, 0.3) is 0 Å². The van der Waals surface area contributed by atoms with Crippen LogP contribution in [-0.2, 0) is 4.79 Å². The highest BCUT2D eigenvalue weighted by atomic mass is 16.3. The average molecular weight is 879 g/mol. The molecule has 5 nitrogen and oxygen atoms in total. The van der Waals surface area contributed by atoms with Crippen LogP contribution in [-0.4, -0.2) is 46.1 Å². The van der Waals surface area contributed by atoms with Crippen LogP contribution < -0.4 is 5.32 Å². The fourth-order valence-electron chi connectivity index (χ4n) is 9.52. The third-order valence-corrected chi connectivity index (χ3v) is 14.0. The molecule has 0 aromatic carbocycles. The second-order valence-corrected chi connectivity index (χ2v) is 20.2. The number of aliphatic hydroxyl groups excluding tert-OH is 3. The molecule has 0 radical (unpaired) electrons. The number of unbranched alkanes of at least 4 members (excludes halogenated alkanes) is 46. The van der Waals surface area contributed by atoms with Crippen LogP contribution in [0.15, 0.2) is 0 Å². The Balaban J connectivity index is 3.44. The fourth-order valence-corrected chi connectivity index (χ4v) is 9.52. The molecular weight excluding hydrogens is 763 g/mol. The third-order valence-electron chi connectivity index (χ3n) is 14.0. The van der Waals surface area contributed by atoms with Crippen molar-refractivity contribution in [1.82, 2.24) is 5.32 Å². The van der Waals surface area contributed by atoms with Crippen LogP contribution in [0.4, 0.5) is 0 Å². The quantitative estimate of drug-likeness (QED) is 0.0458. The molecule has 3 atom stereocenters. The minimum Gasteiger partial charge on any atom is -0.394 e. The van der Waals surface area contributed by atoms with Crippen molar-refractivity contribution in [2.45, 2.75) is 353 Å². The monoisotopic (exact) mass is 878 g/mol. The normalized spacial score (nSPS) is 13.2. The lowest BCUT2D eigenvalue weighted by Crippen LogP contribution is -2.50. The van der Waals surface area contributed by atoms with Crippen molar-refractivity contribution in [1.29, 1.82) is 0 Å². The molecule has 0 saturated carbocycles. The molecular formula is C57H115NO4. The lowest BCUT2D eigenvalue weighted by atomic mass is 9.99. The number of hydrogen-bond acceptors (Lipinski definition) is 4. The third kappa shape index (κ3) is 47.3.